The Morgan fingerprint density at radius 2 is 1.74 bits per heavy atom. The zero-order valence-corrected chi connectivity index (χ0v) is 16.9. The molecule has 0 fully saturated rings. The van der Waals surface area contributed by atoms with E-state index in [1.807, 2.05) is 25.1 Å². The van der Waals surface area contributed by atoms with E-state index in [1.54, 1.807) is 49.4 Å². The van der Waals surface area contributed by atoms with Gasteiger partial charge in [0.2, 0.25) is 12.6 Å². The standard InChI is InChI=1S/C25H18O6/c1-14-5-3-4-6-18(14)25(27)30-17-9-15(2)23-21(12-17)31-22(24(23)26)11-16-7-8-19-20(10-16)29-13-28-19/h3-12H,13H2,1-2H3/b22-11-. The molecule has 5 rings (SSSR count). The number of esters is 1. The minimum Gasteiger partial charge on any atom is -0.454 e. The maximum Gasteiger partial charge on any atom is 0.343 e. The lowest BCUT2D eigenvalue weighted by molar-refractivity contribution is 0.0733. The van der Waals surface area contributed by atoms with Gasteiger partial charge in [0.25, 0.3) is 0 Å². The van der Waals surface area contributed by atoms with Crippen molar-refractivity contribution in [3.63, 3.8) is 0 Å². The first-order valence-corrected chi connectivity index (χ1v) is 9.76. The van der Waals surface area contributed by atoms with Crippen molar-refractivity contribution >= 4 is 17.8 Å². The highest BCUT2D eigenvalue weighted by Crippen LogP contribution is 2.39. The summed E-state index contributed by atoms with van der Waals surface area (Å²) in [5, 5.41) is 0. The molecule has 0 saturated carbocycles. The normalized spacial score (nSPS) is 15.0. The van der Waals surface area contributed by atoms with Crippen molar-refractivity contribution < 1.29 is 28.5 Å². The number of allylic oxidation sites excluding steroid dienone is 1. The van der Waals surface area contributed by atoms with Crippen LogP contribution in [0.15, 0.2) is 60.4 Å². The van der Waals surface area contributed by atoms with E-state index < -0.39 is 5.97 Å². The summed E-state index contributed by atoms with van der Waals surface area (Å²) in [6.07, 6.45) is 1.66. The van der Waals surface area contributed by atoms with Crippen molar-refractivity contribution in [1.29, 1.82) is 0 Å². The molecule has 0 N–H and O–H groups in total. The van der Waals surface area contributed by atoms with E-state index in [1.165, 1.54) is 0 Å². The smallest absolute Gasteiger partial charge is 0.343 e. The Hall–Kier alpha value is -4.06. The highest BCUT2D eigenvalue weighted by molar-refractivity contribution is 6.15. The van der Waals surface area contributed by atoms with Crippen molar-refractivity contribution in [1.82, 2.24) is 0 Å². The lowest BCUT2D eigenvalue weighted by Gasteiger charge is -2.09. The molecule has 2 aliphatic rings. The predicted molar refractivity (Wildman–Crippen MR) is 113 cm³/mol. The molecule has 0 spiro atoms. The van der Waals surface area contributed by atoms with Crippen molar-refractivity contribution in [2.24, 2.45) is 0 Å². The van der Waals surface area contributed by atoms with E-state index in [4.69, 9.17) is 18.9 Å². The SMILES string of the molecule is Cc1ccccc1C(=O)Oc1cc(C)c2c(c1)O/C(=C\c1ccc3c(c1)OCO3)C2=O. The third-order valence-corrected chi connectivity index (χ3v) is 5.21. The molecular formula is C25H18O6. The number of carbonyl (C=O) groups excluding carboxylic acids is 2. The molecule has 0 saturated heterocycles. The van der Waals surface area contributed by atoms with Crippen LogP contribution in [0, 0.1) is 13.8 Å². The Labute approximate surface area is 178 Å². The Morgan fingerprint density at radius 3 is 2.58 bits per heavy atom. The molecular weight excluding hydrogens is 396 g/mol. The molecule has 0 aromatic heterocycles. The van der Waals surface area contributed by atoms with Crippen molar-refractivity contribution in [3.8, 4) is 23.0 Å². The lowest BCUT2D eigenvalue weighted by Crippen LogP contribution is -2.10. The first-order chi connectivity index (χ1) is 15.0. The van der Waals surface area contributed by atoms with E-state index in [2.05, 4.69) is 0 Å². The quantitative estimate of drug-likeness (QED) is 0.346. The highest BCUT2D eigenvalue weighted by Gasteiger charge is 2.30. The summed E-state index contributed by atoms with van der Waals surface area (Å²) < 4.78 is 22.1. The van der Waals surface area contributed by atoms with Crippen LogP contribution in [-0.4, -0.2) is 18.5 Å². The van der Waals surface area contributed by atoms with Crippen molar-refractivity contribution in [3.05, 3.63) is 88.2 Å². The van der Waals surface area contributed by atoms with Gasteiger partial charge in [0.05, 0.1) is 11.1 Å². The zero-order chi connectivity index (χ0) is 21.5. The maximum absolute atomic E-state index is 12.9. The summed E-state index contributed by atoms with van der Waals surface area (Å²) >= 11 is 0. The molecule has 0 amide bonds. The van der Waals surface area contributed by atoms with Gasteiger partial charge in [-0.25, -0.2) is 4.79 Å². The van der Waals surface area contributed by atoms with Crippen LogP contribution in [0.2, 0.25) is 0 Å². The molecule has 2 aliphatic heterocycles. The van der Waals surface area contributed by atoms with Crippen molar-refractivity contribution in [2.45, 2.75) is 13.8 Å². The largest absolute Gasteiger partial charge is 0.454 e. The van der Waals surface area contributed by atoms with Crippen LogP contribution in [0.4, 0.5) is 0 Å². The second-order valence-corrected chi connectivity index (χ2v) is 7.37. The van der Waals surface area contributed by atoms with Crippen LogP contribution in [0.25, 0.3) is 6.08 Å². The van der Waals surface area contributed by atoms with Crippen molar-refractivity contribution in [2.75, 3.05) is 6.79 Å². The molecule has 2 heterocycles. The van der Waals surface area contributed by atoms with Crippen LogP contribution in [0.3, 0.4) is 0 Å². The van der Waals surface area contributed by atoms with Gasteiger partial charge in [-0.15, -0.1) is 0 Å². The third kappa shape index (κ3) is 3.42. The number of benzene rings is 3. The van der Waals surface area contributed by atoms with Crippen LogP contribution in [-0.2, 0) is 0 Å². The topological polar surface area (TPSA) is 71.1 Å². The number of fused-ring (bicyclic) bond motifs is 2. The van der Waals surface area contributed by atoms with Gasteiger partial charge in [-0.05, 0) is 60.9 Å². The zero-order valence-electron chi connectivity index (χ0n) is 16.9. The summed E-state index contributed by atoms with van der Waals surface area (Å²) in [6.45, 7) is 3.81. The van der Waals surface area contributed by atoms with Crippen LogP contribution in [0.5, 0.6) is 23.0 Å². The molecule has 6 heteroatoms. The van der Waals surface area contributed by atoms with Gasteiger partial charge in [-0.3, -0.25) is 4.79 Å². The summed E-state index contributed by atoms with van der Waals surface area (Å²) in [6, 6.07) is 15.8. The fourth-order valence-corrected chi connectivity index (χ4v) is 3.65. The number of ketones is 1. The maximum atomic E-state index is 12.9. The van der Waals surface area contributed by atoms with Gasteiger partial charge in [0, 0.05) is 6.07 Å². The molecule has 0 atom stereocenters. The van der Waals surface area contributed by atoms with Gasteiger partial charge >= 0.3 is 5.97 Å². The van der Waals surface area contributed by atoms with E-state index in [0.29, 0.717) is 39.7 Å². The fourth-order valence-electron chi connectivity index (χ4n) is 3.65. The lowest BCUT2D eigenvalue weighted by atomic mass is 10.0. The minimum absolute atomic E-state index is 0.180. The molecule has 154 valence electrons. The van der Waals surface area contributed by atoms with Gasteiger partial charge in [0.1, 0.15) is 11.5 Å². The number of carbonyl (C=O) groups is 2. The highest BCUT2D eigenvalue weighted by atomic mass is 16.7. The first-order valence-electron chi connectivity index (χ1n) is 9.76. The minimum atomic E-state index is -0.460. The molecule has 3 aromatic rings. The van der Waals surface area contributed by atoms with Crippen LogP contribution < -0.4 is 18.9 Å². The van der Waals surface area contributed by atoms with Gasteiger partial charge in [-0.1, -0.05) is 24.3 Å². The molecule has 31 heavy (non-hydrogen) atoms. The average molecular weight is 414 g/mol. The van der Waals surface area contributed by atoms with Gasteiger partial charge < -0.3 is 18.9 Å². The van der Waals surface area contributed by atoms with E-state index >= 15 is 0 Å². The molecule has 0 bridgehead atoms. The average Bonchev–Trinajstić information content (AvgIpc) is 3.32. The van der Waals surface area contributed by atoms with E-state index in [-0.39, 0.29) is 18.3 Å². The monoisotopic (exact) mass is 414 g/mol. The van der Waals surface area contributed by atoms with Crippen LogP contribution >= 0.6 is 0 Å². The fraction of sp³-hybridized carbons (Fsp3) is 0.120. The Kier molecular flexibility index (Phi) is 4.47. The second kappa shape index (κ2) is 7.32. The molecule has 0 radical (unpaired) electrons. The summed E-state index contributed by atoms with van der Waals surface area (Å²) in [5.74, 6) is 1.49. The van der Waals surface area contributed by atoms with Crippen LogP contribution in [0.1, 0.15) is 37.4 Å². The summed E-state index contributed by atoms with van der Waals surface area (Å²) in [5.41, 5.74) is 3.20. The number of ether oxygens (including phenoxy) is 4. The number of rotatable bonds is 3. The number of aryl methyl sites for hydroxylation is 2. The predicted octanol–water partition coefficient (Wildman–Crippen LogP) is 4.87. The number of hydrogen-bond donors (Lipinski definition) is 0. The van der Waals surface area contributed by atoms with Gasteiger partial charge in [0.15, 0.2) is 17.3 Å². The number of Topliss-reactive ketones (excluding diaryl/α,β-unsaturated/α-hetero) is 1. The van der Waals surface area contributed by atoms with E-state index in [9.17, 15) is 9.59 Å². The second-order valence-electron chi connectivity index (χ2n) is 7.37. The first kappa shape index (κ1) is 18.9. The summed E-state index contributed by atoms with van der Waals surface area (Å²) in [4.78, 5) is 25.4. The Balaban J connectivity index is 1.42. The number of hydrogen-bond acceptors (Lipinski definition) is 6. The third-order valence-electron chi connectivity index (χ3n) is 5.21. The van der Waals surface area contributed by atoms with Gasteiger partial charge in [-0.2, -0.15) is 0 Å². The molecule has 0 unspecified atom stereocenters. The molecule has 6 nitrogen and oxygen atoms in total. The molecule has 3 aromatic carbocycles. The van der Waals surface area contributed by atoms with E-state index in [0.717, 1.165) is 11.1 Å². The molecule has 0 aliphatic carbocycles. The summed E-state index contributed by atoms with van der Waals surface area (Å²) in [7, 11) is 0. The Morgan fingerprint density at radius 1 is 0.935 bits per heavy atom. The Bertz CT molecular complexity index is 1270.